The predicted octanol–water partition coefficient (Wildman–Crippen LogP) is 2.74. The standard InChI is InChI=1S/C20H24ClN7O2/c1-13(2)24-18(30)11-28-10-15(8-23-28)25-20-22-9-16(21)19(27-20)26-17(12-29)14-6-4-3-5-7-14/h3-10,13,17,29H,11-12H2,1-2H3,(H,24,30)(H2,22,25,26,27). The van der Waals surface area contributed by atoms with Crippen molar-refractivity contribution in [2.75, 3.05) is 17.2 Å². The zero-order valence-corrected chi connectivity index (χ0v) is 17.5. The van der Waals surface area contributed by atoms with Crippen LogP contribution in [-0.4, -0.2) is 43.4 Å². The lowest BCUT2D eigenvalue weighted by Crippen LogP contribution is -2.33. The zero-order chi connectivity index (χ0) is 21.5. The largest absolute Gasteiger partial charge is 0.394 e. The first-order valence-corrected chi connectivity index (χ1v) is 9.86. The van der Waals surface area contributed by atoms with E-state index >= 15 is 0 Å². The average Bonchev–Trinajstić information content (AvgIpc) is 3.14. The van der Waals surface area contributed by atoms with Crippen molar-refractivity contribution in [1.82, 2.24) is 25.1 Å². The molecule has 1 unspecified atom stereocenters. The van der Waals surface area contributed by atoms with Gasteiger partial charge in [-0.3, -0.25) is 9.48 Å². The van der Waals surface area contributed by atoms with Crippen molar-refractivity contribution in [2.45, 2.75) is 32.5 Å². The van der Waals surface area contributed by atoms with Gasteiger partial charge >= 0.3 is 0 Å². The van der Waals surface area contributed by atoms with E-state index in [-0.39, 0.29) is 31.1 Å². The van der Waals surface area contributed by atoms with Gasteiger partial charge in [0.15, 0.2) is 5.82 Å². The Morgan fingerprint density at radius 3 is 2.70 bits per heavy atom. The number of anilines is 3. The molecule has 2 aromatic heterocycles. The number of nitrogens with one attached hydrogen (secondary N) is 3. The maximum atomic E-state index is 11.9. The third-order valence-electron chi connectivity index (χ3n) is 4.08. The number of aliphatic hydroxyl groups is 1. The number of aliphatic hydroxyl groups excluding tert-OH is 1. The van der Waals surface area contributed by atoms with E-state index < -0.39 is 0 Å². The van der Waals surface area contributed by atoms with Crippen LogP contribution in [0.3, 0.4) is 0 Å². The Kier molecular flexibility index (Phi) is 7.21. The van der Waals surface area contributed by atoms with E-state index in [9.17, 15) is 9.90 Å². The molecule has 0 radical (unpaired) electrons. The number of benzene rings is 1. The lowest BCUT2D eigenvalue weighted by Gasteiger charge is -2.18. The van der Waals surface area contributed by atoms with Gasteiger partial charge in [0.25, 0.3) is 0 Å². The van der Waals surface area contributed by atoms with Crippen molar-refractivity contribution >= 4 is 35.0 Å². The number of nitrogens with zero attached hydrogens (tertiary/aromatic N) is 4. The molecule has 3 aromatic rings. The Morgan fingerprint density at radius 2 is 2.00 bits per heavy atom. The minimum atomic E-state index is -0.367. The molecule has 9 nitrogen and oxygen atoms in total. The van der Waals surface area contributed by atoms with Gasteiger partial charge in [0.1, 0.15) is 11.6 Å². The molecular formula is C20H24ClN7O2. The van der Waals surface area contributed by atoms with Crippen LogP contribution in [0, 0.1) is 0 Å². The van der Waals surface area contributed by atoms with Crippen molar-refractivity contribution in [2.24, 2.45) is 0 Å². The molecule has 0 fully saturated rings. The molecule has 0 spiro atoms. The summed E-state index contributed by atoms with van der Waals surface area (Å²) in [6.07, 6.45) is 4.73. The molecule has 0 bridgehead atoms. The Balaban J connectivity index is 1.69. The highest BCUT2D eigenvalue weighted by Gasteiger charge is 2.14. The van der Waals surface area contributed by atoms with Crippen molar-refractivity contribution < 1.29 is 9.90 Å². The van der Waals surface area contributed by atoms with E-state index in [1.165, 1.54) is 10.9 Å². The summed E-state index contributed by atoms with van der Waals surface area (Å²) in [5.74, 6) is 0.573. The molecule has 158 valence electrons. The van der Waals surface area contributed by atoms with E-state index in [1.807, 2.05) is 44.2 Å². The van der Waals surface area contributed by atoms with E-state index in [0.29, 0.717) is 22.5 Å². The first kappa shape index (κ1) is 21.5. The minimum absolute atomic E-state index is 0.0673. The summed E-state index contributed by atoms with van der Waals surface area (Å²) in [7, 11) is 0. The highest BCUT2D eigenvalue weighted by atomic mass is 35.5. The molecule has 0 aliphatic rings. The van der Waals surface area contributed by atoms with Crippen LogP contribution in [0.4, 0.5) is 17.5 Å². The molecule has 3 rings (SSSR count). The van der Waals surface area contributed by atoms with Crippen LogP contribution in [-0.2, 0) is 11.3 Å². The van der Waals surface area contributed by atoms with Crippen molar-refractivity contribution in [3.05, 3.63) is 59.5 Å². The fourth-order valence-corrected chi connectivity index (χ4v) is 2.92. The Bertz CT molecular complexity index is 978. The number of hydrogen-bond acceptors (Lipinski definition) is 7. The monoisotopic (exact) mass is 429 g/mol. The molecule has 4 N–H and O–H groups in total. The van der Waals surface area contributed by atoms with Crippen molar-refractivity contribution in [3.8, 4) is 0 Å². The van der Waals surface area contributed by atoms with Gasteiger partial charge in [0, 0.05) is 12.2 Å². The van der Waals surface area contributed by atoms with Crippen molar-refractivity contribution in [1.29, 1.82) is 0 Å². The number of amides is 1. The van der Waals surface area contributed by atoms with E-state index in [0.717, 1.165) is 5.56 Å². The fraction of sp³-hybridized carbons (Fsp3) is 0.300. The van der Waals surface area contributed by atoms with Gasteiger partial charge in [-0.15, -0.1) is 0 Å². The molecule has 2 heterocycles. The first-order chi connectivity index (χ1) is 14.4. The van der Waals surface area contributed by atoms with Crippen molar-refractivity contribution in [3.63, 3.8) is 0 Å². The summed E-state index contributed by atoms with van der Waals surface area (Å²) in [6.45, 7) is 3.79. The Labute approximate surface area is 179 Å². The van der Waals surface area contributed by atoms with E-state index in [4.69, 9.17) is 11.6 Å². The van der Waals surface area contributed by atoms with Gasteiger partial charge in [0.2, 0.25) is 11.9 Å². The predicted molar refractivity (Wildman–Crippen MR) is 116 cm³/mol. The SMILES string of the molecule is CC(C)NC(=O)Cn1cc(Nc2ncc(Cl)c(NC(CO)c3ccccc3)n2)cn1. The molecule has 1 amide bonds. The van der Waals surface area contributed by atoms with Gasteiger partial charge in [-0.25, -0.2) is 4.98 Å². The van der Waals surface area contributed by atoms with Crippen LogP contribution < -0.4 is 16.0 Å². The number of rotatable bonds is 9. The molecule has 0 saturated heterocycles. The van der Waals surface area contributed by atoms with Crippen LogP contribution in [0.5, 0.6) is 0 Å². The lowest BCUT2D eigenvalue weighted by molar-refractivity contribution is -0.122. The second-order valence-corrected chi connectivity index (χ2v) is 7.36. The second kappa shape index (κ2) is 10.0. The number of halogens is 1. The zero-order valence-electron chi connectivity index (χ0n) is 16.7. The average molecular weight is 430 g/mol. The first-order valence-electron chi connectivity index (χ1n) is 9.48. The summed E-state index contributed by atoms with van der Waals surface area (Å²) in [4.78, 5) is 20.4. The second-order valence-electron chi connectivity index (χ2n) is 6.95. The molecule has 10 heteroatoms. The number of hydrogen-bond donors (Lipinski definition) is 4. The molecular weight excluding hydrogens is 406 g/mol. The highest BCUT2D eigenvalue weighted by molar-refractivity contribution is 6.32. The van der Waals surface area contributed by atoms with Crippen LogP contribution in [0.15, 0.2) is 48.9 Å². The molecule has 0 aliphatic heterocycles. The van der Waals surface area contributed by atoms with Crippen LogP contribution in [0.1, 0.15) is 25.5 Å². The number of carbonyl (C=O) groups excluding carboxylic acids is 1. The lowest BCUT2D eigenvalue weighted by atomic mass is 10.1. The maximum Gasteiger partial charge on any atom is 0.241 e. The molecule has 1 aromatic carbocycles. The topological polar surface area (TPSA) is 117 Å². The summed E-state index contributed by atoms with van der Waals surface area (Å²) in [5, 5.41) is 23.2. The quantitative estimate of drug-likeness (QED) is 0.413. The van der Waals surface area contributed by atoms with Crippen LogP contribution >= 0.6 is 11.6 Å². The van der Waals surface area contributed by atoms with Crippen LogP contribution in [0.25, 0.3) is 0 Å². The Morgan fingerprint density at radius 1 is 1.23 bits per heavy atom. The highest BCUT2D eigenvalue weighted by Crippen LogP contribution is 2.25. The summed E-state index contributed by atoms with van der Waals surface area (Å²) >= 11 is 6.23. The normalized spacial score (nSPS) is 11.9. The molecule has 0 saturated carbocycles. The third-order valence-corrected chi connectivity index (χ3v) is 4.36. The van der Waals surface area contributed by atoms with E-state index in [1.54, 1.807) is 12.4 Å². The molecule has 1 atom stereocenters. The van der Waals surface area contributed by atoms with Gasteiger partial charge in [0.05, 0.1) is 30.7 Å². The van der Waals surface area contributed by atoms with Gasteiger partial charge in [-0.2, -0.15) is 10.1 Å². The smallest absolute Gasteiger partial charge is 0.241 e. The molecule has 0 aliphatic carbocycles. The minimum Gasteiger partial charge on any atom is -0.394 e. The van der Waals surface area contributed by atoms with Gasteiger partial charge < -0.3 is 21.1 Å². The van der Waals surface area contributed by atoms with Crippen LogP contribution in [0.2, 0.25) is 5.02 Å². The van der Waals surface area contributed by atoms with E-state index in [2.05, 4.69) is 31.0 Å². The molecule has 30 heavy (non-hydrogen) atoms. The van der Waals surface area contributed by atoms with Gasteiger partial charge in [-0.05, 0) is 19.4 Å². The fourth-order valence-electron chi connectivity index (χ4n) is 2.77. The number of carbonyl (C=O) groups is 1. The summed E-state index contributed by atoms with van der Waals surface area (Å²) in [5.41, 5.74) is 1.53. The summed E-state index contributed by atoms with van der Waals surface area (Å²) < 4.78 is 1.52. The maximum absolute atomic E-state index is 11.9. The Hall–Kier alpha value is -3.17. The third kappa shape index (κ3) is 5.91. The number of aromatic nitrogens is 4. The summed E-state index contributed by atoms with van der Waals surface area (Å²) in [6, 6.07) is 9.22. The van der Waals surface area contributed by atoms with Gasteiger partial charge in [-0.1, -0.05) is 41.9 Å².